The Labute approximate surface area is 181 Å². The first-order valence-corrected chi connectivity index (χ1v) is 12.6. The number of halogens is 3. The number of hydrogen-bond acceptors (Lipinski definition) is 4. The maximum Gasteiger partial charge on any atom is 0.434 e. The average Bonchev–Trinajstić information content (AvgIpc) is 3.09. The number of imidazole rings is 1. The van der Waals surface area contributed by atoms with E-state index in [2.05, 4.69) is 28.7 Å². The molecular formula is C22H26F3N3O2S. The van der Waals surface area contributed by atoms with Crippen LogP contribution in [0.25, 0.3) is 22.6 Å². The lowest BCUT2D eigenvalue weighted by molar-refractivity contribution is -0.141. The standard InChI is InChI=1S/C22H26F3N3O2S/c1-15-11-17(29)6-7-18(15)19-8-5-16(12-26-19)21-27-20(22(23,24)25)13-28(21)14-30-9-10-31(2,3)4/h5-8,11-13,29H,9-10,14H2,1-4H3. The molecule has 3 aromatic rings. The minimum Gasteiger partial charge on any atom is -0.508 e. The van der Waals surface area contributed by atoms with Crippen molar-refractivity contribution < 1.29 is 23.0 Å². The average molecular weight is 454 g/mol. The number of phenols is 1. The van der Waals surface area contributed by atoms with Gasteiger partial charge in [0, 0.05) is 29.3 Å². The van der Waals surface area contributed by atoms with Gasteiger partial charge in [0.15, 0.2) is 5.69 Å². The zero-order chi connectivity index (χ0) is 22.8. The minimum atomic E-state index is -4.55. The molecule has 0 aliphatic heterocycles. The largest absolute Gasteiger partial charge is 0.508 e. The van der Waals surface area contributed by atoms with E-state index in [0.717, 1.165) is 23.1 Å². The van der Waals surface area contributed by atoms with Gasteiger partial charge >= 0.3 is 6.18 Å². The van der Waals surface area contributed by atoms with E-state index in [-0.39, 0.29) is 18.3 Å². The van der Waals surface area contributed by atoms with E-state index in [9.17, 15) is 18.3 Å². The van der Waals surface area contributed by atoms with Crippen molar-refractivity contribution in [1.82, 2.24) is 14.5 Å². The highest BCUT2D eigenvalue weighted by Crippen LogP contribution is 2.34. The second kappa shape index (κ2) is 8.92. The van der Waals surface area contributed by atoms with Gasteiger partial charge in [-0.15, -0.1) is 0 Å². The predicted octanol–water partition coefficient (Wildman–Crippen LogP) is 5.31. The van der Waals surface area contributed by atoms with Crippen LogP contribution in [0.4, 0.5) is 13.2 Å². The fourth-order valence-corrected chi connectivity index (χ4v) is 3.59. The van der Waals surface area contributed by atoms with E-state index >= 15 is 0 Å². The molecule has 1 N–H and O–H groups in total. The van der Waals surface area contributed by atoms with Crippen LogP contribution >= 0.6 is 10.0 Å². The summed E-state index contributed by atoms with van der Waals surface area (Å²) in [6.07, 6.45) is 4.39. The van der Waals surface area contributed by atoms with Gasteiger partial charge in [0.05, 0.1) is 12.3 Å². The Morgan fingerprint density at radius 3 is 2.45 bits per heavy atom. The smallest absolute Gasteiger partial charge is 0.434 e. The monoisotopic (exact) mass is 453 g/mol. The number of benzene rings is 1. The van der Waals surface area contributed by atoms with Crippen molar-refractivity contribution in [2.45, 2.75) is 19.8 Å². The van der Waals surface area contributed by atoms with E-state index in [1.807, 2.05) is 6.92 Å². The molecule has 2 aromatic heterocycles. The van der Waals surface area contributed by atoms with Gasteiger partial charge in [-0.3, -0.25) is 4.98 Å². The molecule has 0 unspecified atom stereocenters. The number of nitrogens with zero attached hydrogens (tertiary/aromatic N) is 3. The van der Waals surface area contributed by atoms with Crippen molar-refractivity contribution in [3.63, 3.8) is 0 Å². The number of hydrogen-bond donors (Lipinski definition) is 1. The SMILES string of the molecule is Cc1cc(O)ccc1-c1ccc(-c2nc(C(F)(F)F)cn2COCCS(C)(C)C)cn1. The predicted molar refractivity (Wildman–Crippen MR) is 118 cm³/mol. The Bertz CT molecular complexity index is 1040. The third-order valence-corrected chi connectivity index (χ3v) is 6.04. The second-order valence-electron chi connectivity index (χ2n) is 8.18. The molecule has 0 atom stereocenters. The van der Waals surface area contributed by atoms with Gasteiger partial charge in [0.1, 0.15) is 18.3 Å². The summed E-state index contributed by atoms with van der Waals surface area (Å²) in [5.41, 5.74) is 1.82. The fraction of sp³-hybridized carbons (Fsp3) is 0.364. The molecule has 9 heteroatoms. The summed E-state index contributed by atoms with van der Waals surface area (Å²) in [7, 11) is -0.752. The van der Waals surface area contributed by atoms with Crippen molar-refractivity contribution in [3.05, 3.63) is 54.0 Å². The highest BCUT2D eigenvalue weighted by molar-refractivity contribution is 8.32. The lowest BCUT2D eigenvalue weighted by atomic mass is 10.0. The van der Waals surface area contributed by atoms with Crippen molar-refractivity contribution >= 4 is 10.0 Å². The van der Waals surface area contributed by atoms with E-state index in [1.165, 1.54) is 10.8 Å². The zero-order valence-electron chi connectivity index (χ0n) is 17.9. The molecule has 0 aliphatic rings. The zero-order valence-corrected chi connectivity index (χ0v) is 18.7. The molecule has 0 bridgehead atoms. The number of aryl methyl sites for hydroxylation is 1. The molecule has 1 aromatic carbocycles. The number of aromatic nitrogens is 3. The van der Waals surface area contributed by atoms with Crippen LogP contribution in [-0.2, 0) is 17.6 Å². The first-order chi connectivity index (χ1) is 14.4. The molecule has 2 heterocycles. The Morgan fingerprint density at radius 1 is 1.13 bits per heavy atom. The quantitative estimate of drug-likeness (QED) is 0.493. The number of pyridine rings is 1. The molecule has 0 amide bonds. The van der Waals surface area contributed by atoms with Gasteiger partial charge in [0.25, 0.3) is 0 Å². The molecule has 3 rings (SSSR count). The van der Waals surface area contributed by atoms with E-state index in [4.69, 9.17) is 4.74 Å². The van der Waals surface area contributed by atoms with Crippen molar-refractivity contribution in [3.8, 4) is 28.4 Å². The summed E-state index contributed by atoms with van der Waals surface area (Å²) in [5, 5.41) is 9.58. The van der Waals surface area contributed by atoms with Gasteiger partial charge < -0.3 is 14.4 Å². The number of rotatable bonds is 7. The third-order valence-electron chi connectivity index (χ3n) is 4.65. The number of alkyl halides is 3. The summed E-state index contributed by atoms with van der Waals surface area (Å²) in [6, 6.07) is 8.36. The Hall–Kier alpha value is -2.52. The van der Waals surface area contributed by atoms with Crippen LogP contribution in [0.1, 0.15) is 11.3 Å². The fourth-order valence-electron chi connectivity index (χ4n) is 2.97. The number of aromatic hydroxyl groups is 1. The lowest BCUT2D eigenvalue weighted by Crippen LogP contribution is -2.10. The first-order valence-electron chi connectivity index (χ1n) is 9.58. The van der Waals surface area contributed by atoms with Crippen LogP contribution < -0.4 is 0 Å². The number of phenolic OH excluding ortho intramolecular Hbond substituents is 1. The van der Waals surface area contributed by atoms with Gasteiger partial charge in [-0.05, 0) is 61.6 Å². The molecular weight excluding hydrogens is 427 g/mol. The normalized spacial score (nSPS) is 12.9. The highest BCUT2D eigenvalue weighted by atomic mass is 32.3. The van der Waals surface area contributed by atoms with Crippen LogP contribution in [0.2, 0.25) is 0 Å². The Morgan fingerprint density at radius 2 is 1.87 bits per heavy atom. The Balaban J connectivity index is 1.87. The summed E-state index contributed by atoms with van der Waals surface area (Å²) in [4.78, 5) is 8.20. The maximum atomic E-state index is 13.3. The molecule has 0 aliphatic carbocycles. The molecule has 0 fully saturated rings. The van der Waals surface area contributed by atoms with E-state index < -0.39 is 21.9 Å². The first kappa shape index (κ1) is 23.1. The minimum absolute atomic E-state index is 0.0211. The molecule has 0 radical (unpaired) electrons. The summed E-state index contributed by atoms with van der Waals surface area (Å²) in [6.45, 7) is 2.30. The van der Waals surface area contributed by atoms with Crippen LogP contribution in [0.5, 0.6) is 5.75 Å². The van der Waals surface area contributed by atoms with Crippen LogP contribution in [0.3, 0.4) is 0 Å². The van der Waals surface area contributed by atoms with Gasteiger partial charge in [-0.2, -0.15) is 13.2 Å². The van der Waals surface area contributed by atoms with E-state index in [1.54, 1.807) is 30.3 Å². The molecule has 168 valence electrons. The second-order valence-corrected chi connectivity index (χ2v) is 12.8. The Kier molecular flexibility index (Phi) is 6.66. The van der Waals surface area contributed by atoms with Crippen molar-refractivity contribution in [2.75, 3.05) is 31.1 Å². The lowest BCUT2D eigenvalue weighted by Gasteiger charge is -2.24. The van der Waals surface area contributed by atoms with Gasteiger partial charge in [-0.1, -0.05) is 0 Å². The van der Waals surface area contributed by atoms with Gasteiger partial charge in [0.2, 0.25) is 0 Å². The van der Waals surface area contributed by atoms with Crippen LogP contribution in [-0.4, -0.2) is 50.8 Å². The highest BCUT2D eigenvalue weighted by Gasteiger charge is 2.35. The maximum absolute atomic E-state index is 13.3. The van der Waals surface area contributed by atoms with E-state index in [0.29, 0.717) is 17.9 Å². The van der Waals surface area contributed by atoms with Gasteiger partial charge in [-0.25, -0.2) is 15.0 Å². The van der Waals surface area contributed by atoms with Crippen molar-refractivity contribution in [1.29, 1.82) is 0 Å². The molecule has 5 nitrogen and oxygen atoms in total. The molecule has 0 saturated heterocycles. The molecule has 0 spiro atoms. The summed E-state index contributed by atoms with van der Waals surface area (Å²) >= 11 is 0. The van der Waals surface area contributed by atoms with Crippen LogP contribution in [0, 0.1) is 6.92 Å². The third kappa shape index (κ3) is 6.01. The van der Waals surface area contributed by atoms with Crippen LogP contribution in [0.15, 0.2) is 42.7 Å². The number of ether oxygens (including phenoxy) is 1. The molecule has 31 heavy (non-hydrogen) atoms. The van der Waals surface area contributed by atoms with Crippen molar-refractivity contribution in [2.24, 2.45) is 0 Å². The summed E-state index contributed by atoms with van der Waals surface area (Å²) < 4.78 is 46.8. The summed E-state index contributed by atoms with van der Waals surface area (Å²) in [5.74, 6) is 1.18. The topological polar surface area (TPSA) is 60.2 Å². The molecule has 0 saturated carbocycles.